The summed E-state index contributed by atoms with van der Waals surface area (Å²) in [5.74, 6) is 0.812. The van der Waals surface area contributed by atoms with Crippen LogP contribution in [0.1, 0.15) is 37.3 Å². The molecule has 2 fully saturated rings. The summed E-state index contributed by atoms with van der Waals surface area (Å²) in [7, 11) is 0. The Labute approximate surface area is 145 Å². The van der Waals surface area contributed by atoms with Crippen LogP contribution in [-0.4, -0.2) is 52.2 Å². The van der Waals surface area contributed by atoms with Crippen molar-refractivity contribution in [3.8, 4) is 0 Å². The number of H-pyrrole nitrogens is 1. The molecule has 4 rings (SSSR count). The van der Waals surface area contributed by atoms with E-state index in [4.69, 9.17) is 0 Å². The Balaban J connectivity index is 1.41. The van der Waals surface area contributed by atoms with E-state index in [0.29, 0.717) is 11.8 Å². The molecule has 6 nitrogen and oxygen atoms in total. The fraction of sp³-hybridized carbons (Fsp3) is 0.588. The molecule has 0 radical (unpaired) electrons. The van der Waals surface area contributed by atoms with Gasteiger partial charge in [-0.1, -0.05) is 0 Å². The summed E-state index contributed by atoms with van der Waals surface area (Å²) >= 11 is 1.66. The standard InChI is InChI=1S/C17H23N5OS/c23-16(14-4-2-9-22(12-14)17-18-7-10-24-17)21-8-1-3-13(11-21)15-5-6-19-20-15/h5-7,10,13-14H,1-4,8-9,11-12H2,(H,19,20)/t13-,14-/m1/s1. The molecule has 24 heavy (non-hydrogen) atoms. The first kappa shape index (κ1) is 15.6. The molecule has 0 aliphatic carbocycles. The molecule has 0 aromatic carbocycles. The highest BCUT2D eigenvalue weighted by Gasteiger charge is 2.33. The fourth-order valence-electron chi connectivity index (χ4n) is 3.91. The molecular weight excluding hydrogens is 322 g/mol. The zero-order valence-corrected chi connectivity index (χ0v) is 14.5. The van der Waals surface area contributed by atoms with Gasteiger partial charge in [0.2, 0.25) is 5.91 Å². The van der Waals surface area contributed by atoms with E-state index in [2.05, 4.69) is 25.0 Å². The zero-order chi connectivity index (χ0) is 16.4. The van der Waals surface area contributed by atoms with Gasteiger partial charge >= 0.3 is 0 Å². The summed E-state index contributed by atoms with van der Waals surface area (Å²) in [5.41, 5.74) is 1.15. The SMILES string of the molecule is O=C([C@@H]1CCCN(c2nccs2)C1)N1CCC[C@@H](c2ccn[nH]2)C1. The van der Waals surface area contributed by atoms with Crippen LogP contribution in [0.15, 0.2) is 23.8 Å². The van der Waals surface area contributed by atoms with Gasteiger partial charge in [0.1, 0.15) is 0 Å². The van der Waals surface area contributed by atoms with Crippen LogP contribution >= 0.6 is 11.3 Å². The average molecular weight is 345 g/mol. The van der Waals surface area contributed by atoms with Gasteiger partial charge in [0.05, 0.1) is 5.92 Å². The lowest BCUT2D eigenvalue weighted by Gasteiger charge is -2.38. The van der Waals surface area contributed by atoms with Gasteiger partial charge in [0.15, 0.2) is 5.13 Å². The second-order valence-electron chi connectivity index (χ2n) is 6.74. The fourth-order valence-corrected chi connectivity index (χ4v) is 4.59. The maximum atomic E-state index is 13.0. The number of rotatable bonds is 3. The third kappa shape index (κ3) is 3.17. The number of aromatic nitrogens is 3. The highest BCUT2D eigenvalue weighted by molar-refractivity contribution is 7.13. The summed E-state index contributed by atoms with van der Waals surface area (Å²) in [6.45, 7) is 3.51. The van der Waals surface area contributed by atoms with Crippen molar-refractivity contribution >= 4 is 22.4 Å². The number of nitrogens with zero attached hydrogens (tertiary/aromatic N) is 4. The van der Waals surface area contributed by atoms with Gasteiger partial charge in [-0.15, -0.1) is 11.3 Å². The Hall–Kier alpha value is -1.89. The lowest BCUT2D eigenvalue weighted by Crippen LogP contribution is -2.47. The number of carbonyl (C=O) groups is 1. The first-order valence-corrected chi connectivity index (χ1v) is 9.62. The third-order valence-electron chi connectivity index (χ3n) is 5.16. The quantitative estimate of drug-likeness (QED) is 0.928. The van der Waals surface area contributed by atoms with E-state index in [1.54, 1.807) is 17.5 Å². The molecule has 2 aromatic rings. The van der Waals surface area contributed by atoms with E-state index in [1.807, 2.05) is 17.6 Å². The number of piperidine rings is 2. The summed E-state index contributed by atoms with van der Waals surface area (Å²) < 4.78 is 0. The number of carbonyl (C=O) groups excluding carboxylic acids is 1. The number of nitrogens with one attached hydrogen (secondary N) is 1. The Morgan fingerprint density at radius 3 is 2.92 bits per heavy atom. The molecule has 0 saturated carbocycles. The van der Waals surface area contributed by atoms with Crippen molar-refractivity contribution in [1.82, 2.24) is 20.1 Å². The molecule has 4 heterocycles. The Morgan fingerprint density at radius 1 is 1.21 bits per heavy atom. The van der Waals surface area contributed by atoms with Gasteiger partial charge in [-0.3, -0.25) is 9.89 Å². The highest BCUT2D eigenvalue weighted by Crippen LogP contribution is 2.29. The van der Waals surface area contributed by atoms with Gasteiger partial charge < -0.3 is 9.80 Å². The molecular formula is C17H23N5OS. The van der Waals surface area contributed by atoms with Crippen LogP contribution in [0.3, 0.4) is 0 Å². The molecule has 0 bridgehead atoms. The van der Waals surface area contributed by atoms with Crippen molar-refractivity contribution in [3.63, 3.8) is 0 Å². The minimum Gasteiger partial charge on any atom is -0.347 e. The van der Waals surface area contributed by atoms with E-state index in [9.17, 15) is 4.79 Å². The minimum absolute atomic E-state index is 0.100. The Bertz CT molecular complexity index is 600. The van der Waals surface area contributed by atoms with Gasteiger partial charge in [0, 0.05) is 55.6 Å². The lowest BCUT2D eigenvalue weighted by atomic mass is 9.91. The number of likely N-dealkylation sites (tertiary alicyclic amines) is 1. The minimum atomic E-state index is 0.100. The summed E-state index contributed by atoms with van der Waals surface area (Å²) in [6.07, 6.45) is 7.88. The van der Waals surface area contributed by atoms with E-state index in [0.717, 1.165) is 62.7 Å². The normalized spacial score (nSPS) is 25.0. The molecule has 128 valence electrons. The van der Waals surface area contributed by atoms with E-state index >= 15 is 0 Å². The number of hydrogen-bond acceptors (Lipinski definition) is 5. The van der Waals surface area contributed by atoms with Crippen molar-refractivity contribution in [1.29, 1.82) is 0 Å². The molecule has 2 saturated heterocycles. The highest BCUT2D eigenvalue weighted by atomic mass is 32.1. The van der Waals surface area contributed by atoms with Gasteiger partial charge in [-0.05, 0) is 31.7 Å². The largest absolute Gasteiger partial charge is 0.347 e. The van der Waals surface area contributed by atoms with Gasteiger partial charge in [-0.2, -0.15) is 5.10 Å². The van der Waals surface area contributed by atoms with Crippen LogP contribution < -0.4 is 4.90 Å². The van der Waals surface area contributed by atoms with Gasteiger partial charge in [0.25, 0.3) is 0 Å². The first-order chi connectivity index (χ1) is 11.8. The number of amides is 1. The van der Waals surface area contributed by atoms with Crippen molar-refractivity contribution < 1.29 is 4.79 Å². The molecule has 7 heteroatoms. The van der Waals surface area contributed by atoms with Crippen LogP contribution in [0.5, 0.6) is 0 Å². The van der Waals surface area contributed by atoms with Crippen molar-refractivity contribution in [2.45, 2.75) is 31.6 Å². The number of hydrogen-bond donors (Lipinski definition) is 1. The molecule has 2 aliphatic heterocycles. The molecule has 2 atom stereocenters. The van der Waals surface area contributed by atoms with Crippen LogP contribution in [0.2, 0.25) is 0 Å². The molecule has 2 aromatic heterocycles. The van der Waals surface area contributed by atoms with Crippen LogP contribution in [0.4, 0.5) is 5.13 Å². The Kier molecular flexibility index (Phi) is 4.51. The molecule has 0 unspecified atom stereocenters. The topological polar surface area (TPSA) is 65.1 Å². The summed E-state index contributed by atoms with van der Waals surface area (Å²) in [6, 6.07) is 2.03. The van der Waals surface area contributed by atoms with E-state index in [1.165, 1.54) is 0 Å². The van der Waals surface area contributed by atoms with Crippen LogP contribution in [0, 0.1) is 5.92 Å². The summed E-state index contributed by atoms with van der Waals surface area (Å²) in [4.78, 5) is 21.8. The average Bonchev–Trinajstić information content (AvgIpc) is 3.35. The molecule has 2 aliphatic rings. The predicted molar refractivity (Wildman–Crippen MR) is 94.2 cm³/mol. The molecule has 0 spiro atoms. The maximum Gasteiger partial charge on any atom is 0.227 e. The number of aromatic amines is 1. The Morgan fingerprint density at radius 2 is 2.12 bits per heavy atom. The maximum absolute atomic E-state index is 13.0. The smallest absolute Gasteiger partial charge is 0.227 e. The van der Waals surface area contributed by atoms with Crippen molar-refractivity contribution in [2.24, 2.45) is 5.92 Å². The van der Waals surface area contributed by atoms with E-state index in [-0.39, 0.29) is 5.92 Å². The number of thiazole rings is 1. The zero-order valence-electron chi connectivity index (χ0n) is 13.7. The van der Waals surface area contributed by atoms with Crippen LogP contribution in [0.25, 0.3) is 0 Å². The summed E-state index contributed by atoms with van der Waals surface area (Å²) in [5, 5.41) is 10.2. The predicted octanol–water partition coefficient (Wildman–Crippen LogP) is 2.49. The van der Waals surface area contributed by atoms with Crippen LogP contribution in [-0.2, 0) is 4.79 Å². The second kappa shape index (κ2) is 6.93. The second-order valence-corrected chi connectivity index (χ2v) is 7.61. The first-order valence-electron chi connectivity index (χ1n) is 8.74. The third-order valence-corrected chi connectivity index (χ3v) is 5.99. The molecule has 1 amide bonds. The number of anilines is 1. The van der Waals surface area contributed by atoms with E-state index < -0.39 is 0 Å². The molecule has 1 N–H and O–H groups in total. The van der Waals surface area contributed by atoms with Crippen molar-refractivity contribution in [2.75, 3.05) is 31.1 Å². The van der Waals surface area contributed by atoms with Crippen molar-refractivity contribution in [3.05, 3.63) is 29.5 Å². The van der Waals surface area contributed by atoms with Gasteiger partial charge in [-0.25, -0.2) is 4.98 Å². The monoisotopic (exact) mass is 345 g/mol. The lowest BCUT2D eigenvalue weighted by molar-refractivity contribution is -0.137.